The molecule has 0 unspecified atom stereocenters. The van der Waals surface area contributed by atoms with E-state index in [1.54, 1.807) is 0 Å². The molecule has 0 aliphatic carbocycles. The van der Waals surface area contributed by atoms with Gasteiger partial charge in [0.2, 0.25) is 11.8 Å². The van der Waals surface area contributed by atoms with E-state index in [1.165, 1.54) is 0 Å². The lowest BCUT2D eigenvalue weighted by Crippen LogP contribution is -2.55. The van der Waals surface area contributed by atoms with Crippen LogP contribution in [0.3, 0.4) is 0 Å². The molecule has 0 bridgehead atoms. The normalized spacial score (nSPS) is 21.4. The Labute approximate surface area is 126 Å². The molecule has 0 spiro atoms. The molecule has 0 radical (unpaired) electrons. The maximum Gasteiger partial charge on any atom is 0.234 e. The van der Waals surface area contributed by atoms with Crippen molar-refractivity contribution in [1.82, 2.24) is 10.6 Å². The van der Waals surface area contributed by atoms with Gasteiger partial charge in [0.15, 0.2) is 0 Å². The Bertz CT molecular complexity index is 535. The number of hydrogen-bond donors (Lipinski definition) is 2. The Morgan fingerprint density at radius 3 is 2.67 bits per heavy atom. The highest BCUT2D eigenvalue weighted by molar-refractivity contribution is 8.00. The fourth-order valence-corrected chi connectivity index (χ4v) is 3.04. The molecule has 0 saturated carbocycles. The number of carboxylic acids is 1. The van der Waals surface area contributed by atoms with Crippen molar-refractivity contribution in [3.05, 3.63) is 35.9 Å². The summed E-state index contributed by atoms with van der Waals surface area (Å²) in [4.78, 5) is 34.2. The van der Waals surface area contributed by atoms with Crippen molar-refractivity contribution in [1.29, 1.82) is 0 Å². The molecule has 1 aromatic rings. The molecule has 2 rings (SSSR count). The number of carbonyl (C=O) groups is 3. The van der Waals surface area contributed by atoms with Gasteiger partial charge in [-0.1, -0.05) is 30.3 Å². The quantitative estimate of drug-likeness (QED) is 0.730. The van der Waals surface area contributed by atoms with E-state index in [2.05, 4.69) is 10.6 Å². The van der Waals surface area contributed by atoms with Gasteiger partial charge in [0.25, 0.3) is 0 Å². The number of nitrogens with one attached hydrogen (secondary N) is 2. The Morgan fingerprint density at radius 1 is 1.33 bits per heavy atom. The van der Waals surface area contributed by atoms with E-state index < -0.39 is 23.2 Å². The molecule has 2 N–H and O–H groups in total. The molecule has 0 aromatic heterocycles. The maximum atomic E-state index is 11.8. The zero-order valence-corrected chi connectivity index (χ0v) is 12.0. The summed E-state index contributed by atoms with van der Waals surface area (Å²) in [6.07, 6.45) is 0.0309. The van der Waals surface area contributed by atoms with Crippen molar-refractivity contribution >= 4 is 29.5 Å². The second kappa shape index (κ2) is 7.12. The largest absolute Gasteiger partial charge is 0.548 e. The molecule has 1 heterocycles. The molecule has 1 aromatic carbocycles. The first-order chi connectivity index (χ1) is 10.1. The molecule has 1 fully saturated rings. The van der Waals surface area contributed by atoms with E-state index >= 15 is 0 Å². The third-order valence-electron chi connectivity index (χ3n) is 3.06. The van der Waals surface area contributed by atoms with Gasteiger partial charge in [-0.25, -0.2) is 0 Å². The summed E-state index contributed by atoms with van der Waals surface area (Å²) >= 11 is 1.16. The van der Waals surface area contributed by atoms with E-state index in [9.17, 15) is 19.5 Å². The van der Waals surface area contributed by atoms with E-state index in [4.69, 9.17) is 0 Å². The zero-order chi connectivity index (χ0) is 15.2. The van der Waals surface area contributed by atoms with E-state index in [0.29, 0.717) is 6.54 Å². The average molecular weight is 307 g/mol. The molecule has 7 heteroatoms. The lowest BCUT2D eigenvalue weighted by atomic mass is 10.2. The van der Waals surface area contributed by atoms with E-state index in [-0.39, 0.29) is 18.1 Å². The molecule has 21 heavy (non-hydrogen) atoms. The molecule has 6 nitrogen and oxygen atoms in total. The number of aliphatic carboxylic acids is 1. The van der Waals surface area contributed by atoms with Gasteiger partial charge >= 0.3 is 0 Å². The Morgan fingerprint density at radius 2 is 2.05 bits per heavy atom. The van der Waals surface area contributed by atoms with E-state index in [1.807, 2.05) is 30.3 Å². The predicted molar refractivity (Wildman–Crippen MR) is 76.1 cm³/mol. The minimum Gasteiger partial charge on any atom is -0.548 e. The highest BCUT2D eigenvalue weighted by Gasteiger charge is 2.30. The summed E-state index contributed by atoms with van der Waals surface area (Å²) in [6, 6.07) is 8.46. The van der Waals surface area contributed by atoms with Crippen molar-refractivity contribution < 1.29 is 19.5 Å². The van der Waals surface area contributed by atoms with Gasteiger partial charge in [0.1, 0.15) is 0 Å². The van der Waals surface area contributed by atoms with Crippen molar-refractivity contribution in [2.24, 2.45) is 0 Å². The van der Waals surface area contributed by atoms with Crippen LogP contribution in [-0.4, -0.2) is 34.8 Å². The van der Waals surface area contributed by atoms with Crippen LogP contribution in [0.25, 0.3) is 0 Å². The van der Waals surface area contributed by atoms with Crippen molar-refractivity contribution in [3.8, 4) is 0 Å². The van der Waals surface area contributed by atoms with Crippen LogP contribution in [-0.2, 0) is 20.9 Å². The van der Waals surface area contributed by atoms with Gasteiger partial charge in [0, 0.05) is 18.7 Å². The van der Waals surface area contributed by atoms with Crippen LogP contribution in [0.2, 0.25) is 0 Å². The third-order valence-corrected chi connectivity index (χ3v) is 4.37. The van der Waals surface area contributed by atoms with Crippen LogP contribution in [0.15, 0.2) is 30.3 Å². The van der Waals surface area contributed by atoms with Crippen LogP contribution < -0.4 is 15.7 Å². The molecule has 1 aliphatic heterocycles. The summed E-state index contributed by atoms with van der Waals surface area (Å²) < 4.78 is 0. The maximum absolute atomic E-state index is 11.8. The Hall–Kier alpha value is -2.02. The molecule has 2 amide bonds. The monoisotopic (exact) mass is 307 g/mol. The van der Waals surface area contributed by atoms with Crippen LogP contribution in [0.4, 0.5) is 0 Å². The van der Waals surface area contributed by atoms with Gasteiger partial charge < -0.3 is 20.5 Å². The SMILES string of the molecule is O=C(C[C@H]1SC[C@@H](C(=O)[O-])NC1=O)NCc1ccccc1. The summed E-state index contributed by atoms with van der Waals surface area (Å²) in [5.74, 6) is -1.76. The molecule has 2 atom stereocenters. The highest BCUT2D eigenvalue weighted by atomic mass is 32.2. The van der Waals surface area contributed by atoms with Gasteiger partial charge in [-0.2, -0.15) is 0 Å². The van der Waals surface area contributed by atoms with Crippen LogP contribution in [0.5, 0.6) is 0 Å². The van der Waals surface area contributed by atoms with E-state index in [0.717, 1.165) is 17.3 Å². The molecular weight excluding hydrogens is 292 g/mol. The Balaban J connectivity index is 1.78. The van der Waals surface area contributed by atoms with Crippen LogP contribution in [0.1, 0.15) is 12.0 Å². The minimum absolute atomic E-state index is 0.0309. The third kappa shape index (κ3) is 4.49. The van der Waals surface area contributed by atoms with Gasteiger partial charge in [0.05, 0.1) is 17.3 Å². The standard InChI is InChI=1S/C14H16N2O4S/c17-12(15-7-9-4-2-1-3-5-9)6-11-13(18)16-10(8-21-11)14(19)20/h1-5,10-11H,6-8H2,(H,15,17)(H,16,18)(H,19,20)/p-1/t10-,11+/m0/s1. The first kappa shape index (κ1) is 15.4. The number of amides is 2. The van der Waals surface area contributed by atoms with Gasteiger partial charge in [-0.15, -0.1) is 11.8 Å². The summed E-state index contributed by atoms with van der Waals surface area (Å²) in [7, 11) is 0. The number of carbonyl (C=O) groups excluding carboxylic acids is 3. The number of rotatable bonds is 5. The minimum atomic E-state index is -1.30. The van der Waals surface area contributed by atoms with Crippen molar-refractivity contribution in [3.63, 3.8) is 0 Å². The lowest BCUT2D eigenvalue weighted by molar-refractivity contribution is -0.307. The Kier molecular flexibility index (Phi) is 5.21. The smallest absolute Gasteiger partial charge is 0.234 e. The number of benzene rings is 1. The van der Waals surface area contributed by atoms with Gasteiger partial charge in [-0.05, 0) is 5.56 Å². The lowest BCUT2D eigenvalue weighted by Gasteiger charge is -2.28. The highest BCUT2D eigenvalue weighted by Crippen LogP contribution is 2.20. The van der Waals surface area contributed by atoms with Crippen LogP contribution in [0, 0.1) is 0 Å². The number of hydrogen-bond acceptors (Lipinski definition) is 5. The summed E-state index contributed by atoms with van der Waals surface area (Å²) in [5, 5.41) is 15.2. The second-order valence-corrected chi connectivity index (χ2v) is 5.90. The molecule has 1 saturated heterocycles. The van der Waals surface area contributed by atoms with Crippen molar-refractivity contribution in [2.45, 2.75) is 24.3 Å². The first-order valence-corrected chi connectivity index (χ1v) is 7.54. The van der Waals surface area contributed by atoms with Crippen LogP contribution >= 0.6 is 11.8 Å². The topological polar surface area (TPSA) is 98.3 Å². The summed E-state index contributed by atoms with van der Waals surface area (Å²) in [6.45, 7) is 0.403. The molecular formula is C14H15N2O4S-. The fourth-order valence-electron chi connectivity index (χ4n) is 1.91. The first-order valence-electron chi connectivity index (χ1n) is 6.49. The van der Waals surface area contributed by atoms with Crippen molar-refractivity contribution in [2.75, 3.05) is 5.75 Å². The second-order valence-electron chi connectivity index (χ2n) is 4.67. The molecule has 1 aliphatic rings. The number of thioether (sulfide) groups is 1. The average Bonchev–Trinajstić information content (AvgIpc) is 2.48. The zero-order valence-electron chi connectivity index (χ0n) is 11.2. The molecule has 112 valence electrons. The predicted octanol–water partition coefficient (Wildman–Crippen LogP) is -0.957. The van der Waals surface area contributed by atoms with Gasteiger partial charge in [-0.3, -0.25) is 9.59 Å². The summed E-state index contributed by atoms with van der Waals surface area (Å²) in [5.41, 5.74) is 0.976. The fraction of sp³-hybridized carbons (Fsp3) is 0.357. The number of carboxylic acid groups (broad SMARTS) is 1.